The first-order chi connectivity index (χ1) is 16.7. The van der Waals surface area contributed by atoms with Gasteiger partial charge < -0.3 is 21.7 Å². The molecular formula is C25H32F3N7. The molecule has 1 aliphatic rings. The molecule has 10 heteroatoms. The lowest BCUT2D eigenvalue weighted by Crippen LogP contribution is -2.51. The molecule has 188 valence electrons. The topological polar surface area (TPSA) is 104 Å². The van der Waals surface area contributed by atoms with Gasteiger partial charge in [0.05, 0.1) is 11.3 Å². The summed E-state index contributed by atoms with van der Waals surface area (Å²) >= 11 is 0. The molecule has 1 atom stereocenters. The summed E-state index contributed by atoms with van der Waals surface area (Å²) in [6.45, 7) is 5.71. The zero-order valence-corrected chi connectivity index (χ0v) is 19.9. The Morgan fingerprint density at radius 2 is 2.06 bits per heavy atom. The number of anilines is 1. The molecule has 3 rings (SSSR count). The molecule has 1 unspecified atom stereocenters. The highest BCUT2D eigenvalue weighted by atomic mass is 19.4. The van der Waals surface area contributed by atoms with Crippen molar-refractivity contribution >= 4 is 17.7 Å². The summed E-state index contributed by atoms with van der Waals surface area (Å²) in [5.74, 6) is 0.851. The number of hydrogen-bond acceptors (Lipinski definition) is 6. The summed E-state index contributed by atoms with van der Waals surface area (Å²) < 4.78 is 39.2. The number of piperazine rings is 1. The predicted octanol–water partition coefficient (Wildman–Crippen LogP) is 3.66. The van der Waals surface area contributed by atoms with Crippen LogP contribution in [0.15, 0.2) is 64.6 Å². The predicted molar refractivity (Wildman–Crippen MR) is 135 cm³/mol. The molecule has 1 saturated heterocycles. The minimum absolute atomic E-state index is 0.0604. The van der Waals surface area contributed by atoms with Crippen LogP contribution in [-0.2, 0) is 19.0 Å². The van der Waals surface area contributed by atoms with Crippen LogP contribution in [0.25, 0.3) is 0 Å². The largest absolute Gasteiger partial charge is 0.416 e. The van der Waals surface area contributed by atoms with Crippen LogP contribution < -0.4 is 22.2 Å². The fourth-order valence-corrected chi connectivity index (χ4v) is 4.02. The molecule has 7 nitrogen and oxygen atoms in total. The number of aryl methyl sites for hydroxylation is 1. The van der Waals surface area contributed by atoms with Crippen molar-refractivity contribution in [3.8, 4) is 0 Å². The van der Waals surface area contributed by atoms with Crippen molar-refractivity contribution < 1.29 is 13.2 Å². The molecular weight excluding hydrogens is 455 g/mol. The fraction of sp³-hybridized carbons (Fsp3) is 0.360. The van der Waals surface area contributed by atoms with E-state index >= 15 is 0 Å². The molecule has 2 aromatic carbocycles. The van der Waals surface area contributed by atoms with Crippen LogP contribution in [0.3, 0.4) is 0 Å². The van der Waals surface area contributed by atoms with Crippen LogP contribution in [0, 0.1) is 0 Å². The van der Waals surface area contributed by atoms with Crippen molar-refractivity contribution in [3.05, 3.63) is 76.7 Å². The zero-order valence-electron chi connectivity index (χ0n) is 19.9. The normalized spacial score (nSPS) is 17.7. The number of hydrogen-bond donors (Lipinski definition) is 4. The first-order valence-corrected chi connectivity index (χ1v) is 11.5. The first kappa shape index (κ1) is 26.1. The highest BCUT2D eigenvalue weighted by Crippen LogP contribution is 2.30. The number of hydrazone groups is 1. The molecule has 0 spiro atoms. The van der Waals surface area contributed by atoms with E-state index in [4.69, 9.17) is 11.5 Å². The number of nitrogens with one attached hydrogen (secondary N) is 2. The molecule has 35 heavy (non-hydrogen) atoms. The van der Waals surface area contributed by atoms with Gasteiger partial charge in [-0.05, 0) is 55.2 Å². The molecule has 2 aromatic rings. The van der Waals surface area contributed by atoms with Gasteiger partial charge >= 0.3 is 6.18 Å². The van der Waals surface area contributed by atoms with Gasteiger partial charge in [-0.3, -0.25) is 5.43 Å². The molecule has 6 N–H and O–H groups in total. The molecule has 1 aliphatic heterocycles. The second-order valence-corrected chi connectivity index (χ2v) is 8.25. The van der Waals surface area contributed by atoms with E-state index in [1.54, 1.807) is 12.3 Å². The van der Waals surface area contributed by atoms with Gasteiger partial charge in [0.15, 0.2) is 0 Å². The minimum Gasteiger partial charge on any atom is -0.402 e. The van der Waals surface area contributed by atoms with Crippen LogP contribution in [0.5, 0.6) is 0 Å². The molecule has 0 aliphatic carbocycles. The summed E-state index contributed by atoms with van der Waals surface area (Å²) in [4.78, 5) is 6.57. The number of halogens is 3. The van der Waals surface area contributed by atoms with Gasteiger partial charge in [-0.15, -0.1) is 0 Å². The Balaban J connectivity index is 1.73. The quantitative estimate of drug-likeness (QED) is 0.258. The fourth-order valence-electron chi connectivity index (χ4n) is 4.02. The van der Waals surface area contributed by atoms with Gasteiger partial charge in [-0.1, -0.05) is 25.1 Å². The number of amidine groups is 1. The van der Waals surface area contributed by atoms with Crippen LogP contribution in [0.2, 0.25) is 0 Å². The maximum absolute atomic E-state index is 13.1. The third-order valence-corrected chi connectivity index (χ3v) is 5.80. The monoisotopic (exact) mass is 487 g/mol. The third-order valence-electron chi connectivity index (χ3n) is 5.80. The van der Waals surface area contributed by atoms with E-state index in [0.29, 0.717) is 43.3 Å². The Morgan fingerprint density at radius 1 is 1.26 bits per heavy atom. The van der Waals surface area contributed by atoms with E-state index in [-0.39, 0.29) is 6.04 Å². The van der Waals surface area contributed by atoms with Gasteiger partial charge in [-0.25, -0.2) is 4.99 Å². The van der Waals surface area contributed by atoms with E-state index in [9.17, 15) is 13.2 Å². The van der Waals surface area contributed by atoms with Crippen molar-refractivity contribution in [1.29, 1.82) is 0 Å². The lowest BCUT2D eigenvalue weighted by atomic mass is 10.0. The number of rotatable bonds is 8. The molecule has 0 radical (unpaired) electrons. The van der Waals surface area contributed by atoms with E-state index in [1.165, 1.54) is 18.3 Å². The van der Waals surface area contributed by atoms with Crippen LogP contribution in [-0.4, -0.2) is 42.6 Å². The lowest BCUT2D eigenvalue weighted by Gasteiger charge is -2.35. The second kappa shape index (κ2) is 11.7. The Morgan fingerprint density at radius 3 is 2.74 bits per heavy atom. The molecule has 1 heterocycles. The maximum atomic E-state index is 13.1. The van der Waals surface area contributed by atoms with Crippen molar-refractivity contribution in [2.24, 2.45) is 21.6 Å². The minimum atomic E-state index is -4.36. The number of benzene rings is 2. The summed E-state index contributed by atoms with van der Waals surface area (Å²) in [5.41, 5.74) is 17.9. The van der Waals surface area contributed by atoms with Crippen molar-refractivity contribution in [3.63, 3.8) is 0 Å². The highest BCUT2D eigenvalue weighted by molar-refractivity contribution is 5.98. The Labute approximate surface area is 203 Å². The van der Waals surface area contributed by atoms with Gasteiger partial charge in [0.2, 0.25) is 0 Å². The summed E-state index contributed by atoms with van der Waals surface area (Å²) in [6.07, 6.45) is -0.0381. The van der Waals surface area contributed by atoms with E-state index in [1.807, 2.05) is 36.9 Å². The van der Waals surface area contributed by atoms with E-state index in [0.717, 1.165) is 29.3 Å². The molecule has 0 saturated carbocycles. The van der Waals surface area contributed by atoms with Gasteiger partial charge in [0.25, 0.3) is 0 Å². The van der Waals surface area contributed by atoms with Crippen LogP contribution in [0.4, 0.5) is 18.9 Å². The standard InChI is InChI=1S/C25H32F3N7/c1-3-18-14-19(8-9-22(18)34-32-4-2)24(30)33-23(15-29)35-11-10-31-21(16-35)13-17-6-5-7-20(12-17)25(26,27)28/h4-9,12,14-15,21,31,34H,3,10-11,13,16,29H2,1-2H3,(H2,30,33)/b23-15+,32-4+. The Hall–Kier alpha value is -3.53. The van der Waals surface area contributed by atoms with E-state index < -0.39 is 11.7 Å². The first-order valence-electron chi connectivity index (χ1n) is 11.5. The van der Waals surface area contributed by atoms with Gasteiger partial charge in [0.1, 0.15) is 11.7 Å². The van der Waals surface area contributed by atoms with E-state index in [2.05, 4.69) is 20.8 Å². The summed E-state index contributed by atoms with van der Waals surface area (Å²) in [5, 5.41) is 7.44. The number of alkyl halides is 3. The van der Waals surface area contributed by atoms with Crippen molar-refractivity contribution in [2.75, 3.05) is 25.1 Å². The SMILES string of the molecule is C/C=N/Nc1ccc(/C(N)=N/C(=C\N)N2CCNC(Cc3cccc(C(F)(F)F)c3)C2)cc1CC. The molecule has 0 bridgehead atoms. The maximum Gasteiger partial charge on any atom is 0.416 e. The lowest BCUT2D eigenvalue weighted by molar-refractivity contribution is -0.137. The van der Waals surface area contributed by atoms with Crippen LogP contribution >= 0.6 is 0 Å². The number of nitrogens with two attached hydrogens (primary N) is 2. The third kappa shape index (κ3) is 6.98. The molecule has 0 aromatic heterocycles. The van der Waals surface area contributed by atoms with Gasteiger partial charge in [0, 0.05) is 43.7 Å². The summed E-state index contributed by atoms with van der Waals surface area (Å²) in [6, 6.07) is 11.1. The number of nitrogens with zero attached hydrogens (tertiary/aromatic N) is 3. The van der Waals surface area contributed by atoms with Crippen molar-refractivity contribution in [2.45, 2.75) is 38.9 Å². The Kier molecular flexibility index (Phi) is 8.75. The molecule has 0 amide bonds. The highest BCUT2D eigenvalue weighted by Gasteiger charge is 2.30. The smallest absolute Gasteiger partial charge is 0.402 e. The Bertz CT molecular complexity index is 1090. The zero-order chi connectivity index (χ0) is 25.4. The molecule has 1 fully saturated rings. The number of aliphatic imine (C=N–C) groups is 1. The average Bonchev–Trinajstić information content (AvgIpc) is 2.85. The average molecular weight is 488 g/mol. The van der Waals surface area contributed by atoms with Gasteiger partial charge in [-0.2, -0.15) is 18.3 Å². The van der Waals surface area contributed by atoms with Crippen LogP contribution in [0.1, 0.15) is 36.1 Å². The second-order valence-electron chi connectivity index (χ2n) is 8.25. The summed E-state index contributed by atoms with van der Waals surface area (Å²) in [7, 11) is 0. The van der Waals surface area contributed by atoms with Crippen molar-refractivity contribution in [1.82, 2.24) is 10.2 Å².